The summed E-state index contributed by atoms with van der Waals surface area (Å²) in [6, 6.07) is 0.657. The van der Waals surface area contributed by atoms with E-state index in [-0.39, 0.29) is 0 Å². The number of hydrogen-bond donors (Lipinski definition) is 0. The number of rotatable bonds is 6. The molecule has 0 aliphatic heterocycles. The highest BCUT2D eigenvalue weighted by Crippen LogP contribution is 2.37. The molecule has 1 aromatic rings. The molecule has 2 rings (SSSR count). The van der Waals surface area contributed by atoms with Crippen molar-refractivity contribution in [1.82, 2.24) is 14.8 Å². The van der Waals surface area contributed by atoms with Crippen LogP contribution in [0.2, 0.25) is 0 Å². The van der Waals surface area contributed by atoms with Crippen LogP contribution in [0.25, 0.3) is 0 Å². The quantitative estimate of drug-likeness (QED) is 0.589. The molecule has 0 saturated heterocycles. The number of alkyl halides is 1. The van der Waals surface area contributed by atoms with Gasteiger partial charge in [0.15, 0.2) is 0 Å². The lowest BCUT2D eigenvalue weighted by Gasteiger charge is -2.06. The smallest absolute Gasteiger partial charge is 0.143 e. The first kappa shape index (κ1) is 11.1. The van der Waals surface area contributed by atoms with E-state index in [1.807, 2.05) is 0 Å². The van der Waals surface area contributed by atoms with Crippen LogP contribution >= 0.6 is 15.9 Å². The Morgan fingerprint density at radius 2 is 2.13 bits per heavy atom. The molecule has 0 bridgehead atoms. The Morgan fingerprint density at radius 3 is 2.73 bits per heavy atom. The highest BCUT2D eigenvalue weighted by atomic mass is 79.9. The third kappa shape index (κ3) is 2.58. The molecule has 0 N–H and O–H groups in total. The van der Waals surface area contributed by atoms with Crippen molar-refractivity contribution in [3.63, 3.8) is 0 Å². The molecule has 1 saturated carbocycles. The Morgan fingerprint density at radius 1 is 1.40 bits per heavy atom. The van der Waals surface area contributed by atoms with Crippen LogP contribution < -0.4 is 0 Å². The molecule has 1 heterocycles. The van der Waals surface area contributed by atoms with E-state index in [2.05, 4.69) is 30.7 Å². The summed E-state index contributed by atoms with van der Waals surface area (Å²) in [5, 5.41) is 9.24. The van der Waals surface area contributed by atoms with Crippen molar-refractivity contribution < 1.29 is 4.74 Å². The number of ether oxygens (including phenoxy) is 1. The van der Waals surface area contributed by atoms with Gasteiger partial charge in [-0.25, -0.2) is 0 Å². The fourth-order valence-corrected chi connectivity index (χ4v) is 2.13. The summed E-state index contributed by atoms with van der Waals surface area (Å²) in [4.78, 5) is 0. The maximum Gasteiger partial charge on any atom is 0.143 e. The molecule has 0 radical (unpaired) electrons. The van der Waals surface area contributed by atoms with Gasteiger partial charge in [0, 0.05) is 26.2 Å². The van der Waals surface area contributed by atoms with Crippen LogP contribution in [0.3, 0.4) is 0 Å². The van der Waals surface area contributed by atoms with Gasteiger partial charge in [0.2, 0.25) is 0 Å². The van der Waals surface area contributed by atoms with Gasteiger partial charge in [-0.3, -0.25) is 0 Å². The number of aromatic nitrogens is 3. The van der Waals surface area contributed by atoms with Gasteiger partial charge >= 0.3 is 0 Å². The van der Waals surface area contributed by atoms with Crippen molar-refractivity contribution >= 4 is 15.9 Å². The second-order valence-electron chi connectivity index (χ2n) is 3.86. The molecule has 1 aromatic heterocycles. The van der Waals surface area contributed by atoms with Crippen LogP contribution in [0.5, 0.6) is 0 Å². The number of nitrogens with zero attached hydrogens (tertiary/aromatic N) is 3. The molecule has 1 fully saturated rings. The van der Waals surface area contributed by atoms with E-state index in [0.29, 0.717) is 6.04 Å². The molecule has 0 spiro atoms. The molecule has 15 heavy (non-hydrogen) atoms. The summed E-state index contributed by atoms with van der Waals surface area (Å²) in [6.45, 7) is 0.793. The molecule has 1 aliphatic carbocycles. The van der Waals surface area contributed by atoms with E-state index in [1.165, 1.54) is 12.8 Å². The third-order valence-electron chi connectivity index (χ3n) is 2.62. The Hall–Kier alpha value is -0.420. The van der Waals surface area contributed by atoms with Crippen molar-refractivity contribution in [3.8, 4) is 0 Å². The second-order valence-corrected chi connectivity index (χ2v) is 4.42. The average Bonchev–Trinajstić information content (AvgIpc) is 3.00. The summed E-state index contributed by atoms with van der Waals surface area (Å²) in [5.41, 5.74) is 0. The van der Waals surface area contributed by atoms with Crippen molar-refractivity contribution in [2.45, 2.75) is 37.1 Å². The molecule has 0 atom stereocenters. The molecular formula is C10H16BrN3O. The Kier molecular flexibility index (Phi) is 3.75. The van der Waals surface area contributed by atoms with E-state index in [4.69, 9.17) is 4.74 Å². The first-order valence-electron chi connectivity index (χ1n) is 5.34. The molecule has 0 aromatic carbocycles. The lowest BCUT2D eigenvalue weighted by atomic mass is 10.3. The Balaban J connectivity index is 2.05. The third-order valence-corrected chi connectivity index (χ3v) is 3.12. The first-order valence-corrected chi connectivity index (χ1v) is 6.46. The van der Waals surface area contributed by atoms with Crippen molar-refractivity contribution in [2.24, 2.45) is 0 Å². The Labute approximate surface area is 98.2 Å². The maximum absolute atomic E-state index is 5.05. The van der Waals surface area contributed by atoms with Gasteiger partial charge < -0.3 is 9.30 Å². The molecular weight excluding hydrogens is 258 g/mol. The first-order chi connectivity index (χ1) is 7.36. The minimum absolute atomic E-state index is 0.657. The molecule has 84 valence electrons. The molecule has 1 aliphatic rings. The maximum atomic E-state index is 5.05. The molecule has 0 unspecified atom stereocenters. The van der Waals surface area contributed by atoms with Gasteiger partial charge in [0.25, 0.3) is 0 Å². The minimum atomic E-state index is 0.657. The summed E-state index contributed by atoms with van der Waals surface area (Å²) >= 11 is 3.45. The summed E-state index contributed by atoms with van der Waals surface area (Å²) < 4.78 is 7.34. The Bertz CT molecular complexity index is 322. The second kappa shape index (κ2) is 5.07. The minimum Gasteiger partial charge on any atom is -0.385 e. The van der Waals surface area contributed by atoms with E-state index in [1.54, 1.807) is 7.11 Å². The van der Waals surface area contributed by atoms with Gasteiger partial charge in [-0.05, 0) is 19.3 Å². The number of hydrogen-bond acceptors (Lipinski definition) is 3. The lowest BCUT2D eigenvalue weighted by molar-refractivity contribution is 0.194. The molecule has 4 nitrogen and oxygen atoms in total. The lowest BCUT2D eigenvalue weighted by Crippen LogP contribution is -2.06. The topological polar surface area (TPSA) is 39.9 Å². The SMILES string of the molecule is COCCCc1nnc(CBr)n1C1CC1. The normalized spacial score (nSPS) is 15.9. The van der Waals surface area contributed by atoms with Crippen LogP contribution in [0, 0.1) is 0 Å². The highest BCUT2D eigenvalue weighted by molar-refractivity contribution is 9.08. The van der Waals surface area contributed by atoms with E-state index >= 15 is 0 Å². The number of methoxy groups -OCH3 is 1. The monoisotopic (exact) mass is 273 g/mol. The fourth-order valence-electron chi connectivity index (χ4n) is 1.75. The summed E-state index contributed by atoms with van der Waals surface area (Å²) in [6.07, 6.45) is 4.53. The predicted molar refractivity (Wildman–Crippen MR) is 61.1 cm³/mol. The predicted octanol–water partition coefficient (Wildman–Crippen LogP) is 2.09. The highest BCUT2D eigenvalue weighted by Gasteiger charge is 2.28. The van der Waals surface area contributed by atoms with Crippen LogP contribution in [0.15, 0.2) is 0 Å². The van der Waals surface area contributed by atoms with Crippen molar-refractivity contribution in [1.29, 1.82) is 0 Å². The van der Waals surface area contributed by atoms with Gasteiger partial charge in [0.1, 0.15) is 11.6 Å². The molecule has 5 heteroatoms. The van der Waals surface area contributed by atoms with Gasteiger partial charge in [-0.1, -0.05) is 15.9 Å². The molecule has 0 amide bonds. The average molecular weight is 274 g/mol. The zero-order valence-electron chi connectivity index (χ0n) is 8.95. The van der Waals surface area contributed by atoms with E-state index in [9.17, 15) is 0 Å². The van der Waals surface area contributed by atoms with Crippen molar-refractivity contribution in [3.05, 3.63) is 11.6 Å². The summed E-state index contributed by atoms with van der Waals surface area (Å²) in [5.74, 6) is 2.17. The summed E-state index contributed by atoms with van der Waals surface area (Å²) in [7, 11) is 1.73. The zero-order valence-corrected chi connectivity index (χ0v) is 10.5. The standard InChI is InChI=1S/C10H16BrN3O/c1-15-6-2-3-9-12-13-10(7-11)14(9)8-4-5-8/h8H,2-7H2,1H3. The van der Waals surface area contributed by atoms with E-state index < -0.39 is 0 Å². The van der Waals surface area contributed by atoms with Crippen LogP contribution in [0.1, 0.15) is 37.0 Å². The van der Waals surface area contributed by atoms with Crippen molar-refractivity contribution in [2.75, 3.05) is 13.7 Å². The van der Waals surface area contributed by atoms with Gasteiger partial charge in [0.05, 0.1) is 5.33 Å². The van der Waals surface area contributed by atoms with Crippen LogP contribution in [-0.2, 0) is 16.5 Å². The van der Waals surface area contributed by atoms with Gasteiger partial charge in [-0.15, -0.1) is 10.2 Å². The zero-order chi connectivity index (χ0) is 10.7. The number of halogens is 1. The van der Waals surface area contributed by atoms with E-state index in [0.717, 1.165) is 36.4 Å². The fraction of sp³-hybridized carbons (Fsp3) is 0.800. The number of aryl methyl sites for hydroxylation is 1. The van der Waals surface area contributed by atoms with Gasteiger partial charge in [-0.2, -0.15) is 0 Å². The van der Waals surface area contributed by atoms with Crippen LogP contribution in [0.4, 0.5) is 0 Å². The van der Waals surface area contributed by atoms with Crippen LogP contribution in [-0.4, -0.2) is 28.5 Å². The largest absolute Gasteiger partial charge is 0.385 e.